The summed E-state index contributed by atoms with van der Waals surface area (Å²) in [6, 6.07) is 7.50. The quantitative estimate of drug-likeness (QED) is 0.612. The van der Waals surface area contributed by atoms with Crippen LogP contribution in [0.4, 0.5) is 16.3 Å². The summed E-state index contributed by atoms with van der Waals surface area (Å²) in [5.41, 5.74) is 3.50. The molecule has 0 atom stereocenters. The van der Waals surface area contributed by atoms with E-state index in [-0.39, 0.29) is 11.9 Å². The van der Waals surface area contributed by atoms with Crippen LogP contribution < -0.4 is 20.9 Å². The monoisotopic (exact) mass is 437 g/mol. The maximum atomic E-state index is 12.0. The standard InChI is InChI=1S/C23H31N7O2/c1-16-20(6-5-19(27-16)22(31)24-2)30-11-9-29(10-12-30)15-18-7-8-25-21(13-18)28-23(32)26-14-17-3-4-17/h5-8,13,17H,3-4,9-12,14-15H2,1-2H3,(H,24,31)(H2,25,26,28,32). The molecule has 170 valence electrons. The number of nitrogens with zero attached hydrogens (tertiary/aromatic N) is 4. The number of anilines is 2. The number of carbonyl (C=O) groups excluding carboxylic acids is 2. The van der Waals surface area contributed by atoms with Crippen molar-refractivity contribution in [3.05, 3.63) is 47.4 Å². The van der Waals surface area contributed by atoms with Crippen molar-refractivity contribution < 1.29 is 9.59 Å². The Morgan fingerprint density at radius 2 is 1.91 bits per heavy atom. The molecule has 1 aliphatic heterocycles. The Hall–Kier alpha value is -3.20. The zero-order valence-corrected chi connectivity index (χ0v) is 18.7. The van der Waals surface area contributed by atoms with Crippen LogP contribution in [0.25, 0.3) is 0 Å². The van der Waals surface area contributed by atoms with E-state index in [2.05, 4.69) is 35.7 Å². The number of piperazine rings is 1. The highest BCUT2D eigenvalue weighted by atomic mass is 16.2. The Kier molecular flexibility index (Phi) is 6.84. The van der Waals surface area contributed by atoms with Gasteiger partial charge in [-0.1, -0.05) is 0 Å². The summed E-state index contributed by atoms with van der Waals surface area (Å²) in [5.74, 6) is 1.05. The predicted molar refractivity (Wildman–Crippen MR) is 124 cm³/mol. The Morgan fingerprint density at radius 3 is 2.59 bits per heavy atom. The molecule has 1 saturated heterocycles. The molecule has 0 unspecified atom stereocenters. The summed E-state index contributed by atoms with van der Waals surface area (Å²) in [6.07, 6.45) is 4.16. The van der Waals surface area contributed by atoms with Crippen molar-refractivity contribution in [3.8, 4) is 0 Å². The molecule has 0 aromatic carbocycles. The largest absolute Gasteiger partial charge is 0.368 e. The zero-order chi connectivity index (χ0) is 22.5. The van der Waals surface area contributed by atoms with Gasteiger partial charge in [-0.25, -0.2) is 14.8 Å². The van der Waals surface area contributed by atoms with Gasteiger partial charge in [0.2, 0.25) is 0 Å². The lowest BCUT2D eigenvalue weighted by Gasteiger charge is -2.36. The van der Waals surface area contributed by atoms with Gasteiger partial charge in [-0.3, -0.25) is 15.0 Å². The first-order valence-electron chi connectivity index (χ1n) is 11.2. The Labute approximate surface area is 188 Å². The molecule has 32 heavy (non-hydrogen) atoms. The van der Waals surface area contributed by atoms with E-state index in [1.165, 1.54) is 12.8 Å². The molecule has 0 radical (unpaired) electrons. The molecule has 3 amide bonds. The van der Waals surface area contributed by atoms with Crippen LogP contribution in [0.5, 0.6) is 0 Å². The molecule has 0 bridgehead atoms. The third kappa shape index (κ3) is 5.73. The summed E-state index contributed by atoms with van der Waals surface area (Å²) in [6.45, 7) is 7.11. The van der Waals surface area contributed by atoms with Crippen LogP contribution >= 0.6 is 0 Å². The molecule has 3 heterocycles. The Morgan fingerprint density at radius 1 is 1.12 bits per heavy atom. The van der Waals surface area contributed by atoms with Crippen molar-refractivity contribution in [3.63, 3.8) is 0 Å². The fourth-order valence-electron chi connectivity index (χ4n) is 3.91. The molecule has 4 rings (SSSR count). The SMILES string of the molecule is CNC(=O)c1ccc(N2CCN(Cc3ccnc(NC(=O)NCC4CC4)c3)CC2)c(C)n1. The lowest BCUT2D eigenvalue weighted by atomic mass is 10.2. The molecular formula is C23H31N7O2. The smallest absolute Gasteiger partial charge is 0.320 e. The highest BCUT2D eigenvalue weighted by Crippen LogP contribution is 2.27. The van der Waals surface area contributed by atoms with Gasteiger partial charge in [-0.15, -0.1) is 0 Å². The van der Waals surface area contributed by atoms with Gasteiger partial charge in [0.05, 0.1) is 11.4 Å². The average Bonchev–Trinajstić information content (AvgIpc) is 3.63. The molecule has 3 N–H and O–H groups in total. The van der Waals surface area contributed by atoms with Gasteiger partial charge in [0, 0.05) is 52.5 Å². The van der Waals surface area contributed by atoms with E-state index < -0.39 is 0 Å². The van der Waals surface area contributed by atoms with Crippen LogP contribution in [0.2, 0.25) is 0 Å². The van der Waals surface area contributed by atoms with Gasteiger partial charge in [0.1, 0.15) is 11.5 Å². The van der Waals surface area contributed by atoms with Crippen molar-refractivity contribution in [2.75, 3.05) is 50.0 Å². The number of carbonyl (C=O) groups is 2. The van der Waals surface area contributed by atoms with E-state index in [4.69, 9.17) is 0 Å². The molecule has 0 spiro atoms. The predicted octanol–water partition coefficient (Wildman–Crippen LogP) is 2.00. The van der Waals surface area contributed by atoms with Gasteiger partial charge in [0.25, 0.3) is 5.91 Å². The van der Waals surface area contributed by atoms with Crippen LogP contribution in [-0.2, 0) is 6.54 Å². The van der Waals surface area contributed by atoms with Gasteiger partial charge in [0.15, 0.2) is 0 Å². The second-order valence-corrected chi connectivity index (χ2v) is 8.47. The van der Waals surface area contributed by atoms with Crippen LogP contribution in [0.3, 0.4) is 0 Å². The molecule has 9 heteroatoms. The number of hydrogen-bond acceptors (Lipinski definition) is 6. The van der Waals surface area contributed by atoms with Crippen molar-refractivity contribution in [1.29, 1.82) is 0 Å². The summed E-state index contributed by atoms with van der Waals surface area (Å²) in [7, 11) is 1.61. The number of urea groups is 1. The molecule has 1 aliphatic carbocycles. The maximum Gasteiger partial charge on any atom is 0.320 e. The van der Waals surface area contributed by atoms with E-state index in [9.17, 15) is 9.59 Å². The molecular weight excluding hydrogens is 406 g/mol. The van der Waals surface area contributed by atoms with E-state index >= 15 is 0 Å². The normalized spacial score (nSPS) is 16.5. The number of rotatable bonds is 7. The fourth-order valence-corrected chi connectivity index (χ4v) is 3.91. The minimum atomic E-state index is -0.193. The second-order valence-electron chi connectivity index (χ2n) is 8.47. The number of pyridine rings is 2. The molecule has 1 saturated carbocycles. The van der Waals surface area contributed by atoms with Crippen LogP contribution in [-0.4, -0.2) is 66.6 Å². The first-order chi connectivity index (χ1) is 15.5. The number of amides is 3. The third-order valence-corrected chi connectivity index (χ3v) is 5.95. The van der Waals surface area contributed by atoms with Gasteiger partial charge in [-0.05, 0) is 55.5 Å². The van der Waals surface area contributed by atoms with Crippen molar-refractivity contribution in [2.24, 2.45) is 5.92 Å². The van der Waals surface area contributed by atoms with Gasteiger partial charge in [-0.2, -0.15) is 0 Å². The minimum Gasteiger partial charge on any atom is -0.368 e. The molecule has 2 aromatic rings. The summed E-state index contributed by atoms with van der Waals surface area (Å²) in [5, 5.41) is 8.34. The molecule has 9 nitrogen and oxygen atoms in total. The first-order valence-corrected chi connectivity index (χ1v) is 11.2. The topological polar surface area (TPSA) is 102 Å². The molecule has 2 aromatic heterocycles. The lowest BCUT2D eigenvalue weighted by Crippen LogP contribution is -2.46. The number of hydrogen-bond donors (Lipinski definition) is 3. The van der Waals surface area contributed by atoms with Crippen molar-refractivity contribution >= 4 is 23.4 Å². The number of aryl methyl sites for hydroxylation is 1. The zero-order valence-electron chi connectivity index (χ0n) is 18.7. The minimum absolute atomic E-state index is 0.170. The van der Waals surface area contributed by atoms with Gasteiger partial charge < -0.3 is 15.5 Å². The van der Waals surface area contributed by atoms with Crippen LogP contribution in [0.15, 0.2) is 30.5 Å². The van der Waals surface area contributed by atoms with E-state index in [0.717, 1.165) is 56.2 Å². The van der Waals surface area contributed by atoms with Crippen molar-refractivity contribution in [1.82, 2.24) is 25.5 Å². The first kappa shape index (κ1) is 22.0. The summed E-state index contributed by atoms with van der Waals surface area (Å²) in [4.78, 5) is 37.2. The Balaban J connectivity index is 1.28. The molecule has 2 aliphatic rings. The van der Waals surface area contributed by atoms with Gasteiger partial charge >= 0.3 is 6.03 Å². The third-order valence-electron chi connectivity index (χ3n) is 5.95. The summed E-state index contributed by atoms with van der Waals surface area (Å²) >= 11 is 0. The molecule has 2 fully saturated rings. The van der Waals surface area contributed by atoms with Crippen LogP contribution in [0.1, 0.15) is 34.6 Å². The highest BCUT2D eigenvalue weighted by Gasteiger charge is 2.22. The average molecular weight is 438 g/mol. The second kappa shape index (κ2) is 9.95. The number of nitrogens with one attached hydrogen (secondary N) is 3. The van der Waals surface area contributed by atoms with E-state index in [1.54, 1.807) is 19.3 Å². The summed E-state index contributed by atoms with van der Waals surface area (Å²) < 4.78 is 0. The van der Waals surface area contributed by atoms with E-state index in [0.29, 0.717) is 17.4 Å². The van der Waals surface area contributed by atoms with Crippen LogP contribution in [0, 0.1) is 12.8 Å². The fraction of sp³-hybridized carbons (Fsp3) is 0.478. The maximum absolute atomic E-state index is 12.0. The lowest BCUT2D eigenvalue weighted by molar-refractivity contribution is 0.0958. The van der Waals surface area contributed by atoms with E-state index in [1.807, 2.05) is 25.1 Å². The number of aromatic nitrogens is 2. The Bertz CT molecular complexity index is 969. The highest BCUT2D eigenvalue weighted by molar-refractivity contribution is 5.92. The van der Waals surface area contributed by atoms with Crippen molar-refractivity contribution in [2.45, 2.75) is 26.3 Å².